The molecule has 0 bridgehead atoms. The van der Waals surface area contributed by atoms with Gasteiger partial charge in [-0.2, -0.15) is 26.3 Å². The number of anilines is 1. The van der Waals surface area contributed by atoms with Crippen LogP contribution < -0.4 is 11.1 Å². The number of benzene rings is 3. The molecule has 0 heterocycles. The lowest BCUT2D eigenvalue weighted by Gasteiger charge is -2.27. The van der Waals surface area contributed by atoms with Crippen LogP contribution in [-0.4, -0.2) is 11.8 Å². The van der Waals surface area contributed by atoms with Crippen molar-refractivity contribution in [1.82, 2.24) is 0 Å². The molecule has 0 aromatic heterocycles. The molecule has 0 unspecified atom stereocenters. The third-order valence-corrected chi connectivity index (χ3v) is 6.54. The van der Waals surface area contributed by atoms with Crippen LogP contribution in [0.5, 0.6) is 0 Å². The molecule has 10 heteroatoms. The van der Waals surface area contributed by atoms with Gasteiger partial charge in [0, 0.05) is 16.8 Å². The number of primary amides is 1. The lowest BCUT2D eigenvalue weighted by Crippen LogP contribution is -2.19. The fourth-order valence-electron chi connectivity index (χ4n) is 4.31. The predicted octanol–water partition coefficient (Wildman–Crippen LogP) is 8.21. The molecule has 0 atom stereocenters. The lowest BCUT2D eigenvalue weighted by molar-refractivity contribution is -0.139. The van der Waals surface area contributed by atoms with Crippen molar-refractivity contribution in [3.05, 3.63) is 88.5 Å². The van der Waals surface area contributed by atoms with Crippen LogP contribution >= 0.6 is 0 Å². The van der Waals surface area contributed by atoms with Gasteiger partial charge in [-0.3, -0.25) is 9.59 Å². The van der Waals surface area contributed by atoms with Crippen LogP contribution in [0, 0.1) is 0 Å². The van der Waals surface area contributed by atoms with Crippen molar-refractivity contribution >= 4 is 17.5 Å². The highest BCUT2D eigenvalue weighted by Crippen LogP contribution is 2.45. The summed E-state index contributed by atoms with van der Waals surface area (Å²) >= 11 is 0. The average molecular weight is 551 g/mol. The Morgan fingerprint density at radius 3 is 1.92 bits per heavy atom. The first-order chi connectivity index (χ1) is 18.0. The van der Waals surface area contributed by atoms with Crippen molar-refractivity contribution in [2.75, 3.05) is 5.32 Å². The van der Waals surface area contributed by atoms with Crippen LogP contribution in [0.15, 0.2) is 60.7 Å². The molecule has 3 aromatic carbocycles. The maximum atomic E-state index is 14.1. The number of hydrogen-bond acceptors (Lipinski definition) is 2. The Morgan fingerprint density at radius 2 is 1.36 bits per heavy atom. The number of alkyl halides is 6. The fraction of sp³-hybridized carbons (Fsp3) is 0.310. The standard InChI is InChI=1S/C29H28F6N2O2/c1-4-5-13-27(2,3)19-9-11-21(23(15-19)28(30,31)32)22-12-10-20(16-24(22)29(33,34)35)37-26(39)18-8-6-7-17(14-18)25(36)38/h6-12,14-16H,4-5,13H2,1-3H3,(H2,36,38)(H,37,39). The highest BCUT2D eigenvalue weighted by molar-refractivity contribution is 6.06. The molecular weight excluding hydrogens is 522 g/mol. The number of nitrogens with two attached hydrogens (primary N) is 1. The predicted molar refractivity (Wildman–Crippen MR) is 137 cm³/mol. The highest BCUT2D eigenvalue weighted by Gasteiger charge is 2.39. The minimum atomic E-state index is -5.02. The summed E-state index contributed by atoms with van der Waals surface area (Å²) in [5.74, 6) is -1.62. The largest absolute Gasteiger partial charge is 0.417 e. The van der Waals surface area contributed by atoms with Gasteiger partial charge in [-0.1, -0.05) is 57.9 Å². The third kappa shape index (κ3) is 6.99. The van der Waals surface area contributed by atoms with E-state index in [0.717, 1.165) is 37.1 Å². The first-order valence-electron chi connectivity index (χ1n) is 12.2. The molecule has 2 amide bonds. The van der Waals surface area contributed by atoms with Crippen LogP contribution in [-0.2, 0) is 17.8 Å². The zero-order chi connectivity index (χ0) is 29.2. The Bertz CT molecular complexity index is 1380. The van der Waals surface area contributed by atoms with Crippen molar-refractivity contribution in [3.63, 3.8) is 0 Å². The van der Waals surface area contributed by atoms with Gasteiger partial charge in [0.15, 0.2) is 0 Å². The molecule has 39 heavy (non-hydrogen) atoms. The molecule has 208 valence electrons. The fourth-order valence-corrected chi connectivity index (χ4v) is 4.31. The number of carbonyl (C=O) groups excluding carboxylic acids is 2. The number of halogens is 6. The maximum absolute atomic E-state index is 14.1. The maximum Gasteiger partial charge on any atom is 0.417 e. The highest BCUT2D eigenvalue weighted by atomic mass is 19.4. The summed E-state index contributed by atoms with van der Waals surface area (Å²) in [6.45, 7) is 5.56. The number of unbranched alkanes of at least 4 members (excludes halogenated alkanes) is 1. The molecule has 3 aromatic rings. The third-order valence-electron chi connectivity index (χ3n) is 6.54. The van der Waals surface area contributed by atoms with Gasteiger partial charge in [0.05, 0.1) is 11.1 Å². The van der Waals surface area contributed by atoms with E-state index < -0.39 is 51.8 Å². The van der Waals surface area contributed by atoms with Gasteiger partial charge in [-0.15, -0.1) is 0 Å². The first kappa shape index (κ1) is 29.7. The molecule has 0 aliphatic carbocycles. The Balaban J connectivity index is 2.08. The lowest BCUT2D eigenvalue weighted by atomic mass is 9.78. The number of hydrogen-bond donors (Lipinski definition) is 2. The van der Waals surface area contributed by atoms with Gasteiger partial charge in [0.1, 0.15) is 0 Å². The summed E-state index contributed by atoms with van der Waals surface area (Å²) in [4.78, 5) is 24.0. The second kappa shape index (κ2) is 11.1. The van der Waals surface area contributed by atoms with Crippen LogP contribution in [0.25, 0.3) is 11.1 Å². The molecule has 4 nitrogen and oxygen atoms in total. The quantitative estimate of drug-likeness (QED) is 0.278. The second-order valence-electron chi connectivity index (χ2n) is 9.90. The molecule has 0 fully saturated rings. The van der Waals surface area contributed by atoms with Gasteiger partial charge in [-0.05, 0) is 64.9 Å². The smallest absolute Gasteiger partial charge is 0.366 e. The summed E-state index contributed by atoms with van der Waals surface area (Å²) < 4.78 is 84.7. The molecule has 0 spiro atoms. The van der Waals surface area contributed by atoms with Gasteiger partial charge >= 0.3 is 12.4 Å². The number of carbonyl (C=O) groups is 2. The van der Waals surface area contributed by atoms with E-state index in [9.17, 15) is 35.9 Å². The molecule has 3 rings (SSSR count). The van der Waals surface area contributed by atoms with E-state index in [2.05, 4.69) is 5.32 Å². The number of nitrogens with one attached hydrogen (secondary N) is 1. The Morgan fingerprint density at radius 1 is 0.795 bits per heavy atom. The topological polar surface area (TPSA) is 72.2 Å². The second-order valence-corrected chi connectivity index (χ2v) is 9.90. The number of amides is 2. The van der Waals surface area contributed by atoms with Crippen LogP contribution in [0.1, 0.15) is 77.4 Å². The van der Waals surface area contributed by atoms with Gasteiger partial charge in [0.2, 0.25) is 5.91 Å². The summed E-state index contributed by atoms with van der Waals surface area (Å²) in [7, 11) is 0. The normalized spacial score (nSPS) is 12.3. The SMILES string of the molecule is CCCCC(C)(C)c1ccc(-c2ccc(NC(=O)c3cccc(C(N)=O)c3)cc2C(F)(F)F)c(C(F)(F)F)c1. The summed E-state index contributed by atoms with van der Waals surface area (Å²) in [6.07, 6.45) is -7.68. The number of rotatable bonds is 8. The van der Waals surface area contributed by atoms with Crippen LogP contribution in [0.2, 0.25) is 0 Å². The Labute approximate surface area is 222 Å². The van der Waals surface area contributed by atoms with Crippen molar-refractivity contribution in [3.8, 4) is 11.1 Å². The van der Waals surface area contributed by atoms with E-state index in [0.29, 0.717) is 18.1 Å². The first-order valence-corrected chi connectivity index (χ1v) is 12.2. The monoisotopic (exact) mass is 550 g/mol. The van der Waals surface area contributed by atoms with E-state index in [1.54, 1.807) is 13.8 Å². The minimum absolute atomic E-state index is 0.0231. The zero-order valence-electron chi connectivity index (χ0n) is 21.6. The van der Waals surface area contributed by atoms with E-state index in [1.165, 1.54) is 30.3 Å². The van der Waals surface area contributed by atoms with E-state index in [4.69, 9.17) is 5.73 Å². The molecule has 0 aliphatic heterocycles. The van der Waals surface area contributed by atoms with Gasteiger partial charge in [0.25, 0.3) is 5.91 Å². The molecule has 0 radical (unpaired) electrons. The van der Waals surface area contributed by atoms with Crippen LogP contribution in [0.4, 0.5) is 32.0 Å². The molecular formula is C29H28F6N2O2. The summed E-state index contributed by atoms with van der Waals surface area (Å²) in [5, 5.41) is 2.30. The van der Waals surface area contributed by atoms with Crippen molar-refractivity contribution < 1.29 is 35.9 Å². The molecule has 0 saturated carbocycles. The molecule has 0 aliphatic rings. The summed E-state index contributed by atoms with van der Waals surface area (Å²) in [5.41, 5.74) is 0.875. The average Bonchev–Trinajstić information content (AvgIpc) is 2.86. The van der Waals surface area contributed by atoms with E-state index in [-0.39, 0.29) is 16.8 Å². The van der Waals surface area contributed by atoms with Gasteiger partial charge < -0.3 is 11.1 Å². The minimum Gasteiger partial charge on any atom is -0.366 e. The van der Waals surface area contributed by atoms with E-state index >= 15 is 0 Å². The van der Waals surface area contributed by atoms with Crippen molar-refractivity contribution in [2.24, 2.45) is 5.73 Å². The zero-order valence-corrected chi connectivity index (χ0v) is 21.6. The van der Waals surface area contributed by atoms with Crippen molar-refractivity contribution in [2.45, 2.75) is 57.8 Å². The summed E-state index contributed by atoms with van der Waals surface area (Å²) in [6, 6.07) is 11.3. The van der Waals surface area contributed by atoms with Crippen LogP contribution in [0.3, 0.4) is 0 Å². The Kier molecular flexibility index (Phi) is 8.47. The van der Waals surface area contributed by atoms with E-state index in [1.807, 2.05) is 6.92 Å². The molecule has 0 saturated heterocycles. The van der Waals surface area contributed by atoms with Gasteiger partial charge in [-0.25, -0.2) is 0 Å². The molecule has 3 N–H and O–H groups in total. The Hall–Kier alpha value is -3.82. The van der Waals surface area contributed by atoms with Crippen molar-refractivity contribution in [1.29, 1.82) is 0 Å².